The molecule has 0 aliphatic rings. The number of thiocarbonyl (C=S) groups is 1. The van der Waals surface area contributed by atoms with Crippen LogP contribution in [-0.4, -0.2) is 17.7 Å². The molecular weight excluding hydrogens is 234 g/mol. The Morgan fingerprint density at radius 3 is 3.00 bits per heavy atom. The molecule has 0 amide bonds. The molecule has 5 heteroatoms. The van der Waals surface area contributed by atoms with Gasteiger partial charge in [-0.15, -0.1) is 0 Å². The van der Waals surface area contributed by atoms with Crippen molar-refractivity contribution in [3.8, 4) is 0 Å². The number of hydrogen-bond acceptors (Lipinski definition) is 4. The van der Waals surface area contributed by atoms with Crippen molar-refractivity contribution in [3.63, 3.8) is 0 Å². The normalized spacial score (nSPS) is 9.20. The third kappa shape index (κ3) is 3.13. The molecule has 1 aromatic rings. The van der Waals surface area contributed by atoms with Crippen molar-refractivity contribution in [2.24, 2.45) is 4.99 Å². The van der Waals surface area contributed by atoms with Crippen molar-refractivity contribution in [2.75, 3.05) is 6.61 Å². The van der Waals surface area contributed by atoms with Crippen LogP contribution in [0.2, 0.25) is 5.02 Å². The topological polar surface area (TPSA) is 38.7 Å². The molecule has 0 aliphatic carbocycles. The number of aliphatic imine (C=N–C) groups is 1. The zero-order valence-electron chi connectivity index (χ0n) is 7.99. The second-order valence-corrected chi connectivity index (χ2v) is 3.20. The Morgan fingerprint density at radius 2 is 2.40 bits per heavy atom. The van der Waals surface area contributed by atoms with E-state index < -0.39 is 5.97 Å². The van der Waals surface area contributed by atoms with E-state index in [4.69, 9.17) is 16.3 Å². The highest BCUT2D eigenvalue weighted by molar-refractivity contribution is 7.78. The van der Waals surface area contributed by atoms with E-state index in [0.29, 0.717) is 22.9 Å². The molecule has 0 heterocycles. The summed E-state index contributed by atoms with van der Waals surface area (Å²) in [5.41, 5.74) is 0.703. The Morgan fingerprint density at radius 1 is 1.67 bits per heavy atom. The van der Waals surface area contributed by atoms with E-state index in [9.17, 15) is 4.79 Å². The molecule has 0 N–H and O–H groups in total. The number of hydrogen-bond donors (Lipinski definition) is 0. The van der Waals surface area contributed by atoms with Gasteiger partial charge in [-0.2, -0.15) is 4.99 Å². The fraction of sp³-hybridized carbons (Fsp3) is 0.200. The second-order valence-electron chi connectivity index (χ2n) is 2.59. The van der Waals surface area contributed by atoms with Gasteiger partial charge in [-0.3, -0.25) is 0 Å². The summed E-state index contributed by atoms with van der Waals surface area (Å²) in [5.74, 6) is -0.469. The van der Waals surface area contributed by atoms with E-state index in [2.05, 4.69) is 22.4 Å². The zero-order valence-corrected chi connectivity index (χ0v) is 9.56. The number of carbonyl (C=O) groups is 1. The minimum atomic E-state index is -0.469. The van der Waals surface area contributed by atoms with Crippen LogP contribution in [0, 0.1) is 0 Å². The van der Waals surface area contributed by atoms with Gasteiger partial charge in [0.15, 0.2) is 0 Å². The summed E-state index contributed by atoms with van der Waals surface area (Å²) < 4.78 is 4.85. The quantitative estimate of drug-likeness (QED) is 0.463. The highest BCUT2D eigenvalue weighted by Crippen LogP contribution is 2.23. The molecule has 0 radical (unpaired) electrons. The smallest absolute Gasteiger partial charge is 0.340 e. The first-order valence-electron chi connectivity index (χ1n) is 4.23. The van der Waals surface area contributed by atoms with Gasteiger partial charge in [0.1, 0.15) is 0 Å². The van der Waals surface area contributed by atoms with E-state index in [1.807, 2.05) is 0 Å². The van der Waals surface area contributed by atoms with Gasteiger partial charge in [0.05, 0.1) is 23.0 Å². The molecule has 3 nitrogen and oxygen atoms in total. The molecule has 0 atom stereocenters. The lowest BCUT2D eigenvalue weighted by molar-refractivity contribution is 0.0527. The number of nitrogens with zero attached hydrogens (tertiary/aromatic N) is 1. The molecule has 78 valence electrons. The summed E-state index contributed by atoms with van der Waals surface area (Å²) in [6, 6.07) is 4.70. The van der Waals surface area contributed by atoms with Gasteiger partial charge in [0.2, 0.25) is 0 Å². The van der Waals surface area contributed by atoms with Gasteiger partial charge in [0, 0.05) is 5.02 Å². The molecule has 0 saturated carbocycles. The molecule has 0 fully saturated rings. The Labute approximate surface area is 97.7 Å². The molecular formula is C10H8ClNO2S. The lowest BCUT2D eigenvalue weighted by atomic mass is 10.2. The third-order valence-electron chi connectivity index (χ3n) is 1.62. The molecule has 0 aliphatic heterocycles. The Balaban J connectivity index is 3.17. The fourth-order valence-electron chi connectivity index (χ4n) is 1.03. The Bertz CT molecular complexity index is 427. The average Bonchev–Trinajstić information content (AvgIpc) is 2.21. The Hall–Kier alpha value is -1.22. The molecule has 1 aromatic carbocycles. The average molecular weight is 242 g/mol. The predicted octanol–water partition coefficient (Wildman–Crippen LogP) is 3.25. The van der Waals surface area contributed by atoms with Gasteiger partial charge in [0.25, 0.3) is 0 Å². The monoisotopic (exact) mass is 241 g/mol. The maximum atomic E-state index is 11.5. The molecule has 15 heavy (non-hydrogen) atoms. The van der Waals surface area contributed by atoms with Gasteiger partial charge < -0.3 is 4.74 Å². The molecule has 0 saturated heterocycles. The summed E-state index contributed by atoms with van der Waals surface area (Å²) in [6.45, 7) is 2.02. The van der Waals surface area contributed by atoms with E-state index in [1.54, 1.807) is 19.1 Å². The van der Waals surface area contributed by atoms with Gasteiger partial charge >= 0.3 is 5.97 Å². The molecule has 0 unspecified atom stereocenters. The van der Waals surface area contributed by atoms with Crippen LogP contribution in [0.15, 0.2) is 23.2 Å². The molecule has 1 rings (SSSR count). The Kier molecular flexibility index (Phi) is 4.43. The number of esters is 1. The maximum absolute atomic E-state index is 11.5. The summed E-state index contributed by atoms with van der Waals surface area (Å²) in [5, 5.41) is 2.64. The van der Waals surface area contributed by atoms with E-state index in [-0.39, 0.29) is 0 Å². The first-order valence-corrected chi connectivity index (χ1v) is 5.02. The summed E-state index contributed by atoms with van der Waals surface area (Å²) in [7, 11) is 0. The predicted molar refractivity (Wildman–Crippen MR) is 62.1 cm³/mol. The third-order valence-corrected chi connectivity index (χ3v) is 1.95. The largest absolute Gasteiger partial charge is 0.462 e. The number of halogens is 1. The summed E-state index contributed by atoms with van der Waals surface area (Å²) in [4.78, 5) is 15.2. The van der Waals surface area contributed by atoms with Crippen molar-refractivity contribution >= 4 is 40.6 Å². The van der Waals surface area contributed by atoms with Gasteiger partial charge in [-0.25, -0.2) is 4.79 Å². The SMILES string of the molecule is CCOC(=O)c1cc(Cl)ccc1N=C=S. The number of carbonyl (C=O) groups excluding carboxylic acids is 1. The standard InChI is InChI=1S/C10H8ClNO2S/c1-2-14-10(13)8-5-7(11)3-4-9(8)12-6-15/h3-5H,2H2,1H3. The molecule has 0 spiro atoms. The van der Waals surface area contributed by atoms with Crippen LogP contribution >= 0.6 is 23.8 Å². The number of rotatable bonds is 3. The van der Waals surface area contributed by atoms with Crippen LogP contribution in [0.5, 0.6) is 0 Å². The minimum Gasteiger partial charge on any atom is -0.462 e. The van der Waals surface area contributed by atoms with Crippen molar-refractivity contribution in [1.82, 2.24) is 0 Å². The van der Waals surface area contributed by atoms with Crippen LogP contribution in [-0.2, 0) is 4.74 Å². The molecule has 0 bridgehead atoms. The van der Waals surface area contributed by atoms with Crippen molar-refractivity contribution in [2.45, 2.75) is 6.92 Å². The van der Waals surface area contributed by atoms with Crippen molar-refractivity contribution in [1.29, 1.82) is 0 Å². The summed E-state index contributed by atoms with van der Waals surface area (Å²) in [6.07, 6.45) is 0. The van der Waals surface area contributed by atoms with E-state index >= 15 is 0 Å². The number of isothiocyanates is 1. The van der Waals surface area contributed by atoms with Crippen molar-refractivity contribution < 1.29 is 9.53 Å². The fourth-order valence-corrected chi connectivity index (χ4v) is 1.30. The lowest BCUT2D eigenvalue weighted by Crippen LogP contribution is -2.04. The van der Waals surface area contributed by atoms with Crippen LogP contribution in [0.3, 0.4) is 0 Å². The van der Waals surface area contributed by atoms with Gasteiger partial charge in [-0.1, -0.05) is 11.6 Å². The maximum Gasteiger partial charge on any atom is 0.340 e. The van der Waals surface area contributed by atoms with Crippen LogP contribution in [0.25, 0.3) is 0 Å². The first kappa shape index (κ1) is 11.9. The van der Waals surface area contributed by atoms with E-state index in [0.717, 1.165) is 0 Å². The highest BCUT2D eigenvalue weighted by atomic mass is 35.5. The van der Waals surface area contributed by atoms with Crippen LogP contribution < -0.4 is 0 Å². The minimum absolute atomic E-state index is 0.293. The van der Waals surface area contributed by atoms with E-state index in [1.165, 1.54) is 6.07 Å². The van der Waals surface area contributed by atoms with Crippen molar-refractivity contribution in [3.05, 3.63) is 28.8 Å². The first-order chi connectivity index (χ1) is 7.19. The second kappa shape index (κ2) is 5.61. The van der Waals surface area contributed by atoms with Crippen LogP contribution in [0.1, 0.15) is 17.3 Å². The zero-order chi connectivity index (χ0) is 11.3. The summed E-state index contributed by atoms with van der Waals surface area (Å²) >= 11 is 10.2. The highest BCUT2D eigenvalue weighted by Gasteiger charge is 2.12. The number of ether oxygens (including phenoxy) is 1. The molecule has 0 aromatic heterocycles. The number of benzene rings is 1. The van der Waals surface area contributed by atoms with Crippen LogP contribution in [0.4, 0.5) is 5.69 Å². The van der Waals surface area contributed by atoms with Gasteiger partial charge in [-0.05, 0) is 37.3 Å². The lowest BCUT2D eigenvalue weighted by Gasteiger charge is -2.04.